The van der Waals surface area contributed by atoms with Crippen LogP contribution in [0.1, 0.15) is 17.3 Å². The largest absolute Gasteiger partial charge is 0.465 e. The molecule has 0 saturated carbocycles. The third-order valence-electron chi connectivity index (χ3n) is 2.76. The minimum absolute atomic E-state index is 0.00425. The van der Waals surface area contributed by atoms with Crippen LogP contribution < -0.4 is 0 Å². The van der Waals surface area contributed by atoms with Gasteiger partial charge in [-0.2, -0.15) is 5.10 Å². The number of hydrogen-bond acceptors (Lipinski definition) is 4. The summed E-state index contributed by atoms with van der Waals surface area (Å²) in [5, 5.41) is 3.93. The molecule has 1 heterocycles. The molecule has 21 heavy (non-hydrogen) atoms. The summed E-state index contributed by atoms with van der Waals surface area (Å²) >= 11 is 0. The molecule has 2 aromatic rings. The SMILES string of the molecule is CCOC(=O)Cn1cc(-c2cc(F)c(F)cc2C=O)cn1. The highest BCUT2D eigenvalue weighted by atomic mass is 19.2. The van der Waals surface area contributed by atoms with Gasteiger partial charge in [0, 0.05) is 17.3 Å². The first-order valence-corrected chi connectivity index (χ1v) is 6.17. The Morgan fingerprint density at radius 3 is 2.76 bits per heavy atom. The van der Waals surface area contributed by atoms with E-state index in [9.17, 15) is 18.4 Å². The monoisotopic (exact) mass is 294 g/mol. The van der Waals surface area contributed by atoms with Crippen molar-refractivity contribution in [3.8, 4) is 11.1 Å². The van der Waals surface area contributed by atoms with Crippen LogP contribution in [0, 0.1) is 11.6 Å². The van der Waals surface area contributed by atoms with Crippen LogP contribution in [-0.2, 0) is 16.1 Å². The van der Waals surface area contributed by atoms with Crippen molar-refractivity contribution < 1.29 is 23.1 Å². The molecular formula is C14H12F2N2O3. The number of carbonyl (C=O) groups excluding carboxylic acids is 2. The average Bonchev–Trinajstić information content (AvgIpc) is 2.89. The lowest BCUT2D eigenvalue weighted by atomic mass is 10.0. The highest BCUT2D eigenvalue weighted by Gasteiger charge is 2.13. The number of halogens is 2. The zero-order valence-electron chi connectivity index (χ0n) is 11.2. The number of aldehydes is 1. The fourth-order valence-corrected chi connectivity index (χ4v) is 1.84. The maximum absolute atomic E-state index is 13.3. The summed E-state index contributed by atoms with van der Waals surface area (Å²) in [6.07, 6.45) is 3.25. The van der Waals surface area contributed by atoms with Gasteiger partial charge < -0.3 is 4.74 Å². The molecule has 110 valence electrons. The Kier molecular flexibility index (Phi) is 4.42. The fourth-order valence-electron chi connectivity index (χ4n) is 1.84. The fraction of sp³-hybridized carbons (Fsp3) is 0.214. The van der Waals surface area contributed by atoms with Crippen LogP contribution in [0.2, 0.25) is 0 Å². The summed E-state index contributed by atoms with van der Waals surface area (Å²) in [5.74, 6) is -2.62. The molecule has 1 aromatic carbocycles. The molecule has 0 radical (unpaired) electrons. The Bertz CT molecular complexity index is 683. The first kappa shape index (κ1) is 14.8. The maximum atomic E-state index is 13.3. The molecule has 0 bridgehead atoms. The van der Waals surface area contributed by atoms with E-state index < -0.39 is 17.6 Å². The molecule has 2 rings (SSSR count). The molecule has 0 N–H and O–H groups in total. The number of aromatic nitrogens is 2. The molecule has 5 nitrogen and oxygen atoms in total. The van der Waals surface area contributed by atoms with E-state index in [0.29, 0.717) is 11.8 Å². The minimum atomic E-state index is -1.10. The van der Waals surface area contributed by atoms with Gasteiger partial charge in [-0.3, -0.25) is 14.3 Å². The number of rotatable bonds is 5. The predicted molar refractivity (Wildman–Crippen MR) is 69.6 cm³/mol. The summed E-state index contributed by atoms with van der Waals surface area (Å²) in [6.45, 7) is 1.84. The van der Waals surface area contributed by atoms with E-state index in [1.165, 1.54) is 17.1 Å². The van der Waals surface area contributed by atoms with Crippen LogP contribution in [0.15, 0.2) is 24.5 Å². The Balaban J connectivity index is 2.31. The molecule has 0 unspecified atom stereocenters. The second-order valence-corrected chi connectivity index (χ2v) is 4.20. The summed E-state index contributed by atoms with van der Waals surface area (Å²) in [7, 11) is 0. The normalized spacial score (nSPS) is 10.4. The van der Waals surface area contributed by atoms with Crippen LogP contribution in [0.25, 0.3) is 11.1 Å². The van der Waals surface area contributed by atoms with Gasteiger partial charge in [0.25, 0.3) is 0 Å². The maximum Gasteiger partial charge on any atom is 0.327 e. The minimum Gasteiger partial charge on any atom is -0.465 e. The highest BCUT2D eigenvalue weighted by Crippen LogP contribution is 2.25. The summed E-state index contributed by atoms with van der Waals surface area (Å²) in [6, 6.07) is 1.74. The van der Waals surface area contributed by atoms with Crippen molar-refractivity contribution >= 4 is 12.3 Å². The van der Waals surface area contributed by atoms with Gasteiger partial charge in [-0.15, -0.1) is 0 Å². The molecule has 0 amide bonds. The quantitative estimate of drug-likeness (QED) is 0.626. The van der Waals surface area contributed by atoms with E-state index in [-0.39, 0.29) is 24.3 Å². The molecule has 0 aliphatic rings. The van der Waals surface area contributed by atoms with E-state index in [2.05, 4.69) is 5.10 Å². The van der Waals surface area contributed by atoms with Gasteiger partial charge in [-0.1, -0.05) is 0 Å². The van der Waals surface area contributed by atoms with E-state index >= 15 is 0 Å². The van der Waals surface area contributed by atoms with E-state index in [0.717, 1.165) is 12.1 Å². The lowest BCUT2D eigenvalue weighted by Gasteiger charge is -2.03. The van der Waals surface area contributed by atoms with Crippen LogP contribution in [-0.4, -0.2) is 28.6 Å². The molecule has 1 aromatic heterocycles. The van der Waals surface area contributed by atoms with Crippen molar-refractivity contribution in [3.05, 3.63) is 41.7 Å². The summed E-state index contributed by atoms with van der Waals surface area (Å²) in [5.41, 5.74) is 0.615. The van der Waals surface area contributed by atoms with Crippen molar-refractivity contribution in [2.45, 2.75) is 13.5 Å². The van der Waals surface area contributed by atoms with E-state index in [4.69, 9.17) is 4.74 Å². The lowest BCUT2D eigenvalue weighted by molar-refractivity contribution is -0.144. The Hall–Kier alpha value is -2.57. The molecule has 0 saturated heterocycles. The molecule has 0 aliphatic heterocycles. The van der Waals surface area contributed by atoms with Crippen molar-refractivity contribution in [1.82, 2.24) is 9.78 Å². The standard InChI is InChI=1S/C14H12F2N2O3/c1-2-21-14(20)7-18-6-10(5-17-18)11-4-13(16)12(15)3-9(11)8-19/h3-6,8H,2,7H2,1H3. The third kappa shape index (κ3) is 3.31. The van der Waals surface area contributed by atoms with Crippen LogP contribution >= 0.6 is 0 Å². The average molecular weight is 294 g/mol. The van der Waals surface area contributed by atoms with Crippen LogP contribution in [0.3, 0.4) is 0 Å². The number of esters is 1. The topological polar surface area (TPSA) is 61.2 Å². The zero-order valence-corrected chi connectivity index (χ0v) is 11.2. The number of benzene rings is 1. The van der Waals surface area contributed by atoms with Gasteiger partial charge in [-0.05, 0) is 24.6 Å². The molecule has 0 aliphatic carbocycles. The van der Waals surface area contributed by atoms with E-state index in [1.807, 2.05) is 0 Å². The third-order valence-corrected chi connectivity index (χ3v) is 2.76. The van der Waals surface area contributed by atoms with Gasteiger partial charge in [-0.25, -0.2) is 8.78 Å². The molecular weight excluding hydrogens is 282 g/mol. The van der Waals surface area contributed by atoms with Gasteiger partial charge in [0.05, 0.1) is 12.8 Å². The van der Waals surface area contributed by atoms with Gasteiger partial charge in [0.15, 0.2) is 17.9 Å². The van der Waals surface area contributed by atoms with Gasteiger partial charge in [0.1, 0.15) is 6.54 Å². The first-order valence-electron chi connectivity index (χ1n) is 6.17. The van der Waals surface area contributed by atoms with Crippen molar-refractivity contribution in [1.29, 1.82) is 0 Å². The molecule has 0 fully saturated rings. The second-order valence-electron chi connectivity index (χ2n) is 4.20. The second kappa shape index (κ2) is 6.25. The summed E-state index contributed by atoms with van der Waals surface area (Å²) < 4.78 is 32.5. The van der Waals surface area contributed by atoms with Gasteiger partial charge >= 0.3 is 5.97 Å². The number of ether oxygens (including phenoxy) is 1. The lowest BCUT2D eigenvalue weighted by Crippen LogP contribution is -2.13. The highest BCUT2D eigenvalue weighted by molar-refractivity contribution is 5.87. The van der Waals surface area contributed by atoms with Crippen molar-refractivity contribution in [2.75, 3.05) is 6.61 Å². The number of carbonyl (C=O) groups is 2. The van der Waals surface area contributed by atoms with E-state index in [1.54, 1.807) is 6.92 Å². The zero-order chi connectivity index (χ0) is 15.4. The first-order chi connectivity index (χ1) is 10.0. The smallest absolute Gasteiger partial charge is 0.327 e. The molecule has 0 spiro atoms. The Morgan fingerprint density at radius 1 is 1.38 bits per heavy atom. The van der Waals surface area contributed by atoms with Crippen molar-refractivity contribution in [3.63, 3.8) is 0 Å². The number of hydrogen-bond donors (Lipinski definition) is 0. The van der Waals surface area contributed by atoms with Crippen LogP contribution in [0.5, 0.6) is 0 Å². The molecule has 0 atom stereocenters. The van der Waals surface area contributed by atoms with Gasteiger partial charge in [0.2, 0.25) is 0 Å². The summed E-state index contributed by atoms with van der Waals surface area (Å²) in [4.78, 5) is 22.3. The van der Waals surface area contributed by atoms with Crippen molar-refractivity contribution in [2.24, 2.45) is 0 Å². The Morgan fingerprint density at radius 2 is 2.10 bits per heavy atom. The Labute approximate surface area is 119 Å². The van der Waals surface area contributed by atoms with Crippen LogP contribution in [0.4, 0.5) is 8.78 Å². The predicted octanol–water partition coefficient (Wildman–Crippen LogP) is 2.20. The number of nitrogens with zero attached hydrogens (tertiary/aromatic N) is 2. The molecule has 7 heteroatoms.